The minimum absolute atomic E-state index is 0.0687. The summed E-state index contributed by atoms with van der Waals surface area (Å²) >= 11 is 12.3. The normalized spacial score (nSPS) is 16.7. The van der Waals surface area contributed by atoms with Gasteiger partial charge in [-0.1, -0.05) is 48.3 Å². The molecule has 43 heavy (non-hydrogen) atoms. The molecule has 1 aliphatic rings. The Hall–Kier alpha value is -3.14. The molecule has 0 fully saturated rings. The molecule has 6 nitrogen and oxygen atoms in total. The van der Waals surface area contributed by atoms with E-state index in [0.29, 0.717) is 40.1 Å². The number of carboxylic acid groups (broad SMARTS) is 1. The number of hydrogen-bond acceptors (Lipinski definition) is 5. The summed E-state index contributed by atoms with van der Waals surface area (Å²) in [7, 11) is 3.09. The van der Waals surface area contributed by atoms with Crippen LogP contribution in [0.25, 0.3) is 0 Å². The van der Waals surface area contributed by atoms with E-state index in [1.807, 2.05) is 74.3 Å². The Balaban J connectivity index is 1.51. The molecule has 1 aliphatic heterocycles. The van der Waals surface area contributed by atoms with Crippen molar-refractivity contribution >= 4 is 34.9 Å². The molecule has 0 aliphatic carbocycles. The highest BCUT2D eigenvalue weighted by Gasteiger charge is 2.35. The van der Waals surface area contributed by atoms with Crippen LogP contribution in [0, 0.1) is 6.92 Å². The van der Waals surface area contributed by atoms with Gasteiger partial charge in [-0.3, -0.25) is 9.69 Å². The van der Waals surface area contributed by atoms with E-state index in [-0.39, 0.29) is 18.6 Å². The van der Waals surface area contributed by atoms with Gasteiger partial charge in [-0.05, 0) is 85.5 Å². The van der Waals surface area contributed by atoms with Crippen molar-refractivity contribution in [2.45, 2.75) is 57.5 Å². The van der Waals surface area contributed by atoms with Gasteiger partial charge in [0.15, 0.2) is 0 Å². The van der Waals surface area contributed by atoms with Crippen LogP contribution in [0.5, 0.6) is 11.5 Å². The summed E-state index contributed by atoms with van der Waals surface area (Å²) in [4.78, 5) is 14.7. The van der Waals surface area contributed by atoms with Crippen LogP contribution in [0.4, 0.5) is 18.9 Å². The molecular formula is C32H35Cl2F3N2O4. The molecule has 0 saturated heterocycles. The summed E-state index contributed by atoms with van der Waals surface area (Å²) in [5, 5.41) is 10.7. The highest BCUT2D eigenvalue weighted by molar-refractivity contribution is 6.42. The van der Waals surface area contributed by atoms with Crippen LogP contribution >= 0.6 is 23.2 Å². The van der Waals surface area contributed by atoms with Gasteiger partial charge in [0, 0.05) is 20.0 Å². The topological polar surface area (TPSA) is 62.2 Å². The van der Waals surface area contributed by atoms with E-state index in [2.05, 4.69) is 0 Å². The minimum Gasteiger partial charge on any atom is -0.486 e. The standard InChI is InChI=1S/C32H35Cl2F3N2O4/c1-5-28(21-8-11-24(33)25(34)15-21)42-23-9-6-20(7-10-23)29-12-13-38(3)26-16-22(19(2)14-30(26)43-29)17-27(31(40)41)39(4)18-32(35,36)37/h6-11,14-16,27-29H,5,12-13,17-18H2,1-4H3,(H,40,41)/t27-,28+,29+/m0/s1. The van der Waals surface area contributed by atoms with E-state index < -0.39 is 24.7 Å². The van der Waals surface area contributed by atoms with Gasteiger partial charge >= 0.3 is 12.1 Å². The lowest BCUT2D eigenvalue weighted by atomic mass is 9.98. The van der Waals surface area contributed by atoms with Gasteiger partial charge in [-0.15, -0.1) is 0 Å². The number of likely N-dealkylation sites (N-methyl/N-ethyl adjacent to an activating group) is 1. The number of rotatable bonds is 10. The summed E-state index contributed by atoms with van der Waals surface area (Å²) in [5.41, 5.74) is 4.07. The van der Waals surface area contributed by atoms with E-state index >= 15 is 0 Å². The maximum atomic E-state index is 13.0. The molecule has 3 aromatic carbocycles. The molecule has 0 bridgehead atoms. The molecule has 11 heteroatoms. The number of carbonyl (C=O) groups is 1. The number of anilines is 1. The van der Waals surface area contributed by atoms with Crippen LogP contribution in [-0.2, 0) is 11.2 Å². The predicted molar refractivity (Wildman–Crippen MR) is 163 cm³/mol. The number of ether oxygens (including phenoxy) is 2. The molecule has 4 rings (SSSR count). The van der Waals surface area contributed by atoms with Crippen LogP contribution < -0.4 is 14.4 Å². The van der Waals surface area contributed by atoms with E-state index in [9.17, 15) is 23.1 Å². The molecule has 0 radical (unpaired) electrons. The first-order valence-electron chi connectivity index (χ1n) is 14.0. The number of alkyl halides is 3. The number of fused-ring (bicyclic) bond motifs is 1. The number of nitrogens with zero attached hydrogens (tertiary/aromatic N) is 2. The fraction of sp³-hybridized carbons (Fsp3) is 0.406. The van der Waals surface area contributed by atoms with Crippen LogP contribution in [0.3, 0.4) is 0 Å². The van der Waals surface area contributed by atoms with Crippen molar-refractivity contribution in [1.82, 2.24) is 4.90 Å². The molecule has 3 atom stereocenters. The highest BCUT2D eigenvalue weighted by atomic mass is 35.5. The minimum atomic E-state index is -4.50. The quantitative estimate of drug-likeness (QED) is 0.241. The summed E-state index contributed by atoms with van der Waals surface area (Å²) in [6.45, 7) is 3.19. The fourth-order valence-corrected chi connectivity index (χ4v) is 5.57. The Morgan fingerprint density at radius 1 is 1.14 bits per heavy atom. The van der Waals surface area contributed by atoms with Gasteiger partial charge in [0.25, 0.3) is 0 Å². The second-order valence-electron chi connectivity index (χ2n) is 10.9. The zero-order chi connectivity index (χ0) is 31.5. The summed E-state index contributed by atoms with van der Waals surface area (Å²) < 4.78 is 51.6. The van der Waals surface area contributed by atoms with Crippen molar-refractivity contribution in [1.29, 1.82) is 0 Å². The van der Waals surface area contributed by atoms with Crippen molar-refractivity contribution in [3.05, 3.63) is 86.9 Å². The first kappa shape index (κ1) is 32.8. The van der Waals surface area contributed by atoms with E-state index in [0.717, 1.165) is 33.7 Å². The zero-order valence-corrected chi connectivity index (χ0v) is 25.9. The predicted octanol–water partition coefficient (Wildman–Crippen LogP) is 8.28. The molecule has 0 saturated carbocycles. The van der Waals surface area contributed by atoms with Crippen LogP contribution in [0.15, 0.2) is 54.6 Å². The molecule has 0 spiro atoms. The first-order chi connectivity index (χ1) is 20.3. The number of carboxylic acids is 1. The highest BCUT2D eigenvalue weighted by Crippen LogP contribution is 2.39. The lowest BCUT2D eigenvalue weighted by molar-refractivity contribution is -0.158. The molecule has 0 aromatic heterocycles. The van der Waals surface area contributed by atoms with Crippen molar-refractivity contribution in [3.63, 3.8) is 0 Å². The largest absolute Gasteiger partial charge is 0.486 e. The number of hydrogen-bond donors (Lipinski definition) is 1. The number of aryl methyl sites for hydroxylation is 1. The number of benzene rings is 3. The third kappa shape index (κ3) is 8.28. The van der Waals surface area contributed by atoms with E-state index in [4.69, 9.17) is 32.7 Å². The molecule has 0 amide bonds. The summed E-state index contributed by atoms with van der Waals surface area (Å²) in [6, 6.07) is 15.6. The number of aliphatic carboxylic acids is 1. The average molecular weight is 640 g/mol. The third-order valence-corrected chi connectivity index (χ3v) is 8.44. The molecular weight excluding hydrogens is 604 g/mol. The second-order valence-corrected chi connectivity index (χ2v) is 11.7. The zero-order valence-electron chi connectivity index (χ0n) is 24.4. The van der Waals surface area contributed by atoms with Crippen LogP contribution in [-0.4, -0.2) is 55.4 Å². The fourth-order valence-electron chi connectivity index (χ4n) is 5.26. The van der Waals surface area contributed by atoms with E-state index in [1.165, 1.54) is 7.05 Å². The Morgan fingerprint density at radius 2 is 1.84 bits per heavy atom. The SMILES string of the molecule is CC[C@@H](Oc1ccc([C@H]2CCN(C)c3cc(C[C@@H](C(=O)O)N(C)CC(F)(F)F)c(C)cc3O2)cc1)c1ccc(Cl)c(Cl)c1. The Morgan fingerprint density at radius 3 is 2.44 bits per heavy atom. The summed E-state index contributed by atoms with van der Waals surface area (Å²) in [5.74, 6) is 0.0324. The maximum Gasteiger partial charge on any atom is 0.401 e. The molecule has 0 unspecified atom stereocenters. The van der Waals surface area contributed by atoms with Crippen molar-refractivity contribution < 1.29 is 32.5 Å². The van der Waals surface area contributed by atoms with Gasteiger partial charge in [0.2, 0.25) is 0 Å². The van der Waals surface area contributed by atoms with Crippen LogP contribution in [0.1, 0.15) is 54.2 Å². The van der Waals surface area contributed by atoms with Crippen molar-refractivity contribution in [3.8, 4) is 11.5 Å². The Bertz CT molecular complexity index is 1440. The number of halogens is 5. The Labute approximate surface area is 259 Å². The van der Waals surface area contributed by atoms with Crippen molar-refractivity contribution in [2.75, 3.05) is 32.1 Å². The van der Waals surface area contributed by atoms with Gasteiger partial charge < -0.3 is 19.5 Å². The van der Waals surface area contributed by atoms with Gasteiger partial charge in [-0.2, -0.15) is 13.2 Å². The van der Waals surface area contributed by atoms with Gasteiger partial charge in [0.1, 0.15) is 29.7 Å². The molecule has 232 valence electrons. The van der Waals surface area contributed by atoms with Crippen molar-refractivity contribution in [2.24, 2.45) is 0 Å². The molecule has 3 aromatic rings. The van der Waals surface area contributed by atoms with E-state index in [1.54, 1.807) is 6.07 Å². The second kappa shape index (κ2) is 13.7. The first-order valence-corrected chi connectivity index (χ1v) is 14.7. The van der Waals surface area contributed by atoms with Gasteiger partial charge in [0.05, 0.1) is 22.3 Å². The lowest BCUT2D eigenvalue weighted by Crippen LogP contribution is -2.44. The molecule has 1 heterocycles. The average Bonchev–Trinajstić information content (AvgIpc) is 3.09. The monoisotopic (exact) mass is 638 g/mol. The maximum absolute atomic E-state index is 13.0. The van der Waals surface area contributed by atoms with Gasteiger partial charge in [-0.25, -0.2) is 0 Å². The lowest BCUT2D eigenvalue weighted by Gasteiger charge is -2.27. The third-order valence-electron chi connectivity index (χ3n) is 7.70. The Kier molecular flexibility index (Phi) is 10.4. The molecule has 1 N–H and O–H groups in total. The van der Waals surface area contributed by atoms with Crippen LogP contribution in [0.2, 0.25) is 10.0 Å². The summed E-state index contributed by atoms with van der Waals surface area (Å²) in [6.07, 6.45) is -3.58. The smallest absolute Gasteiger partial charge is 0.401 e.